The van der Waals surface area contributed by atoms with Crippen LogP contribution in [-0.4, -0.2) is 17.0 Å². The Kier molecular flexibility index (Phi) is 4.40. The molecule has 2 aromatic rings. The second-order valence-electron chi connectivity index (χ2n) is 6.07. The van der Waals surface area contributed by atoms with Crippen LogP contribution in [0.1, 0.15) is 41.1 Å². The number of hydrogen-bond donors (Lipinski definition) is 2. The number of hydrogen-bond acceptors (Lipinski definition) is 4. The van der Waals surface area contributed by atoms with E-state index >= 15 is 0 Å². The van der Waals surface area contributed by atoms with E-state index in [1.165, 1.54) is 30.3 Å². The molecule has 0 spiro atoms. The monoisotopic (exact) mass is 336 g/mol. The maximum atomic E-state index is 12.2. The number of rotatable bonds is 5. The van der Waals surface area contributed by atoms with E-state index in [0.29, 0.717) is 23.3 Å². The minimum absolute atomic E-state index is 0.0907. The molecule has 0 saturated heterocycles. The van der Waals surface area contributed by atoms with Gasteiger partial charge in [0.1, 0.15) is 23.2 Å². The largest absolute Gasteiger partial charge is 0.478 e. The summed E-state index contributed by atoms with van der Waals surface area (Å²) in [5, 5.41) is 20.6. The summed E-state index contributed by atoms with van der Waals surface area (Å²) in [4.78, 5) is 23.0. The molecule has 2 N–H and O–H groups in total. The van der Waals surface area contributed by atoms with E-state index in [1.807, 2.05) is 12.1 Å². The van der Waals surface area contributed by atoms with Crippen LogP contribution in [0, 0.1) is 17.2 Å². The van der Waals surface area contributed by atoms with Gasteiger partial charge in [-0.3, -0.25) is 4.79 Å². The van der Waals surface area contributed by atoms with Gasteiger partial charge < -0.3 is 14.8 Å². The molecular weight excluding hydrogens is 320 g/mol. The predicted octanol–water partition coefficient (Wildman–Crippen LogP) is 3.65. The van der Waals surface area contributed by atoms with Crippen molar-refractivity contribution in [1.29, 1.82) is 5.26 Å². The van der Waals surface area contributed by atoms with Crippen molar-refractivity contribution in [3.8, 4) is 6.07 Å². The highest BCUT2D eigenvalue weighted by Crippen LogP contribution is 2.47. The highest BCUT2D eigenvalue weighted by molar-refractivity contribution is 6.09. The molecule has 1 heterocycles. The molecule has 1 fully saturated rings. The van der Waals surface area contributed by atoms with Crippen LogP contribution >= 0.6 is 0 Å². The van der Waals surface area contributed by atoms with Crippen LogP contribution in [0.25, 0.3) is 6.08 Å². The van der Waals surface area contributed by atoms with Gasteiger partial charge >= 0.3 is 5.97 Å². The Labute approximate surface area is 144 Å². The molecular formula is C19H16N2O4. The van der Waals surface area contributed by atoms with Crippen molar-refractivity contribution >= 4 is 23.6 Å². The van der Waals surface area contributed by atoms with Gasteiger partial charge in [0.05, 0.1) is 5.56 Å². The number of aromatic carboxylic acids is 1. The zero-order chi connectivity index (χ0) is 18.0. The third kappa shape index (κ3) is 3.78. The lowest BCUT2D eigenvalue weighted by Gasteiger charge is -2.04. The number of furan rings is 1. The minimum Gasteiger partial charge on any atom is -0.478 e. The topological polar surface area (TPSA) is 103 Å². The molecule has 2 atom stereocenters. The van der Waals surface area contributed by atoms with Gasteiger partial charge in [0.25, 0.3) is 5.91 Å². The second-order valence-corrected chi connectivity index (χ2v) is 6.07. The number of carbonyl (C=O) groups is 2. The summed E-state index contributed by atoms with van der Waals surface area (Å²) < 4.78 is 5.68. The fraction of sp³-hybridized carbons (Fsp3) is 0.211. The van der Waals surface area contributed by atoms with Crippen LogP contribution in [-0.2, 0) is 4.79 Å². The fourth-order valence-corrected chi connectivity index (χ4v) is 2.55. The molecule has 25 heavy (non-hydrogen) atoms. The lowest BCUT2D eigenvalue weighted by atomic mass is 10.2. The minimum atomic E-state index is -1.05. The van der Waals surface area contributed by atoms with Crippen molar-refractivity contribution in [2.75, 3.05) is 5.32 Å². The quantitative estimate of drug-likeness (QED) is 0.641. The zero-order valence-electron chi connectivity index (χ0n) is 13.5. The summed E-state index contributed by atoms with van der Waals surface area (Å²) >= 11 is 0. The van der Waals surface area contributed by atoms with Gasteiger partial charge in [-0.15, -0.1) is 0 Å². The first-order valence-corrected chi connectivity index (χ1v) is 7.84. The zero-order valence-corrected chi connectivity index (χ0v) is 13.5. The number of anilines is 1. The van der Waals surface area contributed by atoms with Crippen LogP contribution in [0.4, 0.5) is 5.69 Å². The number of benzene rings is 1. The van der Waals surface area contributed by atoms with Crippen LogP contribution in [0.3, 0.4) is 0 Å². The molecule has 3 rings (SSSR count). The molecule has 1 aliphatic rings. The van der Waals surface area contributed by atoms with E-state index in [0.717, 1.165) is 12.2 Å². The number of carboxylic acid groups (broad SMARTS) is 1. The number of nitrogens with one attached hydrogen (secondary N) is 1. The van der Waals surface area contributed by atoms with Crippen molar-refractivity contribution < 1.29 is 19.1 Å². The van der Waals surface area contributed by atoms with Gasteiger partial charge in [0, 0.05) is 17.7 Å². The fourth-order valence-electron chi connectivity index (χ4n) is 2.55. The lowest BCUT2D eigenvalue weighted by Crippen LogP contribution is -2.13. The van der Waals surface area contributed by atoms with Gasteiger partial charge in [-0.05, 0) is 48.7 Å². The van der Waals surface area contributed by atoms with Crippen LogP contribution in [0.5, 0.6) is 0 Å². The molecule has 126 valence electrons. The number of amides is 1. The third-order valence-electron chi connectivity index (χ3n) is 4.16. The van der Waals surface area contributed by atoms with E-state index in [-0.39, 0.29) is 11.1 Å². The Hall–Kier alpha value is -3.33. The number of nitrogens with zero attached hydrogens (tertiary/aromatic N) is 1. The van der Waals surface area contributed by atoms with Crippen LogP contribution < -0.4 is 5.32 Å². The summed E-state index contributed by atoms with van der Waals surface area (Å²) in [6, 6.07) is 11.2. The molecule has 1 aromatic carbocycles. The Morgan fingerprint density at radius 2 is 1.96 bits per heavy atom. The van der Waals surface area contributed by atoms with E-state index < -0.39 is 11.9 Å². The Morgan fingerprint density at radius 1 is 1.28 bits per heavy atom. The normalized spacial score (nSPS) is 19.1. The van der Waals surface area contributed by atoms with E-state index in [1.54, 1.807) is 6.07 Å². The average Bonchev–Trinajstić information content (AvgIpc) is 3.14. The molecule has 6 heteroatoms. The van der Waals surface area contributed by atoms with E-state index in [9.17, 15) is 14.9 Å². The Bertz CT molecular complexity index is 887. The van der Waals surface area contributed by atoms with Crippen molar-refractivity contribution in [1.82, 2.24) is 0 Å². The number of carbonyl (C=O) groups excluding carboxylic acids is 1. The Balaban J connectivity index is 1.71. The van der Waals surface area contributed by atoms with Crippen molar-refractivity contribution in [3.63, 3.8) is 0 Å². The first-order chi connectivity index (χ1) is 12.0. The van der Waals surface area contributed by atoms with Crippen molar-refractivity contribution in [3.05, 3.63) is 59.1 Å². The van der Waals surface area contributed by atoms with Gasteiger partial charge in [-0.2, -0.15) is 5.26 Å². The summed E-state index contributed by atoms with van der Waals surface area (Å²) in [5.41, 5.74) is 0.432. The molecule has 0 aliphatic heterocycles. The van der Waals surface area contributed by atoms with Crippen LogP contribution in [0.15, 0.2) is 46.4 Å². The van der Waals surface area contributed by atoms with Gasteiger partial charge in [0.15, 0.2) is 0 Å². The average molecular weight is 336 g/mol. The van der Waals surface area contributed by atoms with Gasteiger partial charge in [-0.25, -0.2) is 4.79 Å². The number of carboxylic acids is 1. The molecule has 1 amide bonds. The van der Waals surface area contributed by atoms with Gasteiger partial charge in [0.2, 0.25) is 0 Å². The number of nitriles is 1. The van der Waals surface area contributed by atoms with E-state index in [4.69, 9.17) is 9.52 Å². The third-order valence-corrected chi connectivity index (χ3v) is 4.16. The predicted molar refractivity (Wildman–Crippen MR) is 90.9 cm³/mol. The first kappa shape index (κ1) is 16.5. The highest BCUT2D eigenvalue weighted by Gasteiger charge is 2.36. The molecule has 1 saturated carbocycles. The molecule has 6 nitrogen and oxygen atoms in total. The maximum absolute atomic E-state index is 12.2. The summed E-state index contributed by atoms with van der Waals surface area (Å²) in [6.07, 6.45) is 2.49. The standard InChI is InChI=1S/C19H16N2O4/c1-11-8-16(11)17-7-6-15(25-17)9-13(10-20)18(22)21-14-4-2-12(3-5-14)19(23)24/h2-7,9,11,16H,8H2,1H3,(H,21,22)(H,23,24)/b13-9+/t11-,16+/m0/s1. The van der Waals surface area contributed by atoms with Crippen molar-refractivity contribution in [2.24, 2.45) is 5.92 Å². The first-order valence-electron chi connectivity index (χ1n) is 7.84. The summed E-state index contributed by atoms with van der Waals surface area (Å²) in [6.45, 7) is 2.15. The molecule has 0 unspecified atom stereocenters. The Morgan fingerprint density at radius 3 is 2.52 bits per heavy atom. The highest BCUT2D eigenvalue weighted by atomic mass is 16.4. The lowest BCUT2D eigenvalue weighted by molar-refractivity contribution is -0.112. The summed E-state index contributed by atoms with van der Waals surface area (Å²) in [7, 11) is 0. The van der Waals surface area contributed by atoms with Gasteiger partial charge in [-0.1, -0.05) is 6.92 Å². The summed E-state index contributed by atoms with van der Waals surface area (Å²) in [5.74, 6) is 0.741. The van der Waals surface area contributed by atoms with Crippen LogP contribution in [0.2, 0.25) is 0 Å². The smallest absolute Gasteiger partial charge is 0.335 e. The van der Waals surface area contributed by atoms with E-state index in [2.05, 4.69) is 12.2 Å². The molecule has 1 aromatic heterocycles. The SMILES string of the molecule is C[C@H]1C[C@H]1c1ccc(/C=C(\C#N)C(=O)Nc2ccc(C(=O)O)cc2)o1. The molecule has 0 bridgehead atoms. The maximum Gasteiger partial charge on any atom is 0.335 e. The van der Waals surface area contributed by atoms with Crippen molar-refractivity contribution in [2.45, 2.75) is 19.3 Å². The second kappa shape index (κ2) is 6.65. The molecule has 0 radical (unpaired) electrons. The molecule has 1 aliphatic carbocycles.